The van der Waals surface area contributed by atoms with E-state index >= 15 is 0 Å². The van der Waals surface area contributed by atoms with E-state index in [1.165, 1.54) is 0 Å². The lowest BCUT2D eigenvalue weighted by molar-refractivity contribution is 0.391. The summed E-state index contributed by atoms with van der Waals surface area (Å²) < 4.78 is 13.0. The molecule has 0 heterocycles. The molecule has 0 radical (unpaired) electrons. The molecule has 0 spiro atoms. The summed E-state index contributed by atoms with van der Waals surface area (Å²) >= 11 is 0. The van der Waals surface area contributed by atoms with Gasteiger partial charge in [0, 0.05) is 6.54 Å². The van der Waals surface area contributed by atoms with E-state index in [9.17, 15) is 4.39 Å². The minimum absolute atomic E-state index is 0.0508. The molecule has 13 heavy (non-hydrogen) atoms. The quantitative estimate of drug-likeness (QED) is 0.757. The molecule has 70 valence electrons. The zero-order valence-corrected chi connectivity index (χ0v) is 7.70. The molecular weight excluding hydrogens is 165 g/mol. The Labute approximate surface area is 78.1 Å². The van der Waals surface area contributed by atoms with E-state index in [4.69, 9.17) is 5.73 Å². The van der Waals surface area contributed by atoms with Crippen molar-refractivity contribution in [2.24, 2.45) is 5.73 Å². The molecule has 2 heteroatoms. The molecule has 1 atom stereocenters. The number of hydrogen-bond donors (Lipinski definition) is 1. The Kier molecular flexibility index (Phi) is 3.65. The van der Waals surface area contributed by atoms with Crippen molar-refractivity contribution in [1.29, 1.82) is 0 Å². The summed E-state index contributed by atoms with van der Waals surface area (Å²) in [5.74, 6) is 0. The van der Waals surface area contributed by atoms with Crippen molar-refractivity contribution in [2.75, 3.05) is 6.54 Å². The maximum absolute atomic E-state index is 13.0. The summed E-state index contributed by atoms with van der Waals surface area (Å²) in [7, 11) is 0. The van der Waals surface area contributed by atoms with Gasteiger partial charge in [-0.3, -0.25) is 0 Å². The van der Waals surface area contributed by atoms with Crippen molar-refractivity contribution in [3.8, 4) is 0 Å². The molecule has 2 N–H and O–H groups in total. The molecule has 0 aromatic heterocycles. The van der Waals surface area contributed by atoms with Gasteiger partial charge in [0.05, 0.1) is 0 Å². The second-order valence-corrected chi connectivity index (χ2v) is 3.00. The van der Waals surface area contributed by atoms with Gasteiger partial charge in [-0.25, -0.2) is 4.39 Å². The van der Waals surface area contributed by atoms with E-state index in [1.807, 2.05) is 36.4 Å². The first-order chi connectivity index (χ1) is 6.24. The van der Waals surface area contributed by atoms with E-state index in [0.717, 1.165) is 5.56 Å². The second-order valence-electron chi connectivity index (χ2n) is 3.00. The molecular formula is C11H14FN. The highest BCUT2D eigenvalue weighted by Gasteiger charge is 2.04. The lowest BCUT2D eigenvalue weighted by atomic mass is 10.1. The zero-order valence-electron chi connectivity index (χ0n) is 7.70. The molecule has 1 aromatic carbocycles. The van der Waals surface area contributed by atoms with Crippen molar-refractivity contribution < 1.29 is 4.39 Å². The highest BCUT2D eigenvalue weighted by molar-refractivity contribution is 5.52. The maximum atomic E-state index is 13.0. The van der Waals surface area contributed by atoms with Crippen LogP contribution in [0, 0.1) is 0 Å². The van der Waals surface area contributed by atoms with Crippen LogP contribution in [0.1, 0.15) is 12.5 Å². The Morgan fingerprint density at radius 2 is 2.08 bits per heavy atom. The minimum Gasteiger partial charge on any atom is -0.327 e. The first-order valence-electron chi connectivity index (χ1n) is 4.31. The third-order valence-electron chi connectivity index (χ3n) is 1.89. The zero-order chi connectivity index (χ0) is 9.68. The van der Waals surface area contributed by atoms with E-state index in [-0.39, 0.29) is 6.54 Å². The molecule has 0 fully saturated rings. The van der Waals surface area contributed by atoms with Gasteiger partial charge in [0.25, 0.3) is 0 Å². The van der Waals surface area contributed by atoms with Crippen LogP contribution in [-0.2, 0) is 0 Å². The van der Waals surface area contributed by atoms with Gasteiger partial charge in [-0.1, -0.05) is 36.4 Å². The number of hydrogen-bond acceptors (Lipinski definition) is 1. The van der Waals surface area contributed by atoms with Crippen molar-refractivity contribution in [2.45, 2.75) is 13.1 Å². The Morgan fingerprint density at radius 3 is 2.62 bits per heavy atom. The SMILES string of the molecule is C/C(=C\c1ccccc1)C(F)CN. The largest absolute Gasteiger partial charge is 0.327 e. The van der Waals surface area contributed by atoms with Crippen LogP contribution in [0.5, 0.6) is 0 Å². The topological polar surface area (TPSA) is 26.0 Å². The highest BCUT2D eigenvalue weighted by atomic mass is 19.1. The molecule has 0 saturated heterocycles. The Hall–Kier alpha value is -1.15. The standard InChI is InChI=1S/C11H14FN/c1-9(11(12)8-13)7-10-5-3-2-4-6-10/h2-7,11H,8,13H2,1H3/b9-7+. The van der Waals surface area contributed by atoms with Crippen LogP contribution in [0.3, 0.4) is 0 Å². The van der Waals surface area contributed by atoms with Crippen LogP contribution >= 0.6 is 0 Å². The number of halogens is 1. The monoisotopic (exact) mass is 179 g/mol. The Balaban J connectivity index is 2.77. The maximum Gasteiger partial charge on any atom is 0.133 e. The van der Waals surface area contributed by atoms with Gasteiger partial charge >= 0.3 is 0 Å². The molecule has 0 aliphatic heterocycles. The van der Waals surface area contributed by atoms with Crippen molar-refractivity contribution in [1.82, 2.24) is 0 Å². The second kappa shape index (κ2) is 4.77. The Morgan fingerprint density at radius 1 is 1.46 bits per heavy atom. The van der Waals surface area contributed by atoms with Crippen LogP contribution in [0.2, 0.25) is 0 Å². The van der Waals surface area contributed by atoms with Gasteiger partial charge in [-0.15, -0.1) is 0 Å². The summed E-state index contributed by atoms with van der Waals surface area (Å²) in [5, 5.41) is 0. The first-order valence-corrected chi connectivity index (χ1v) is 4.31. The molecule has 0 bridgehead atoms. The summed E-state index contributed by atoms with van der Waals surface area (Å²) in [4.78, 5) is 0. The summed E-state index contributed by atoms with van der Waals surface area (Å²) in [6.45, 7) is 1.81. The van der Waals surface area contributed by atoms with Gasteiger partial charge in [-0.2, -0.15) is 0 Å². The van der Waals surface area contributed by atoms with E-state index in [2.05, 4.69) is 0 Å². The highest BCUT2D eigenvalue weighted by Crippen LogP contribution is 2.10. The average molecular weight is 179 g/mol. The molecule has 1 nitrogen and oxygen atoms in total. The van der Waals surface area contributed by atoms with Gasteiger partial charge in [0.15, 0.2) is 0 Å². The van der Waals surface area contributed by atoms with Crippen LogP contribution in [-0.4, -0.2) is 12.7 Å². The molecule has 0 aliphatic carbocycles. The van der Waals surface area contributed by atoms with E-state index < -0.39 is 6.17 Å². The Bertz CT molecular complexity index is 279. The third-order valence-corrected chi connectivity index (χ3v) is 1.89. The average Bonchev–Trinajstić information content (AvgIpc) is 2.18. The van der Waals surface area contributed by atoms with Crippen LogP contribution < -0.4 is 5.73 Å². The van der Waals surface area contributed by atoms with Gasteiger partial charge < -0.3 is 5.73 Å². The predicted octanol–water partition coefficient (Wildman–Crippen LogP) is 2.39. The van der Waals surface area contributed by atoms with Gasteiger partial charge in [-0.05, 0) is 18.1 Å². The van der Waals surface area contributed by atoms with E-state index in [0.29, 0.717) is 5.57 Å². The fourth-order valence-corrected chi connectivity index (χ4v) is 1.09. The van der Waals surface area contributed by atoms with Crippen molar-refractivity contribution in [3.05, 3.63) is 41.5 Å². The number of rotatable bonds is 3. The molecule has 1 unspecified atom stereocenters. The molecule has 0 amide bonds. The van der Waals surface area contributed by atoms with E-state index in [1.54, 1.807) is 6.92 Å². The summed E-state index contributed by atoms with van der Waals surface area (Å²) in [5.41, 5.74) is 6.90. The smallest absolute Gasteiger partial charge is 0.133 e. The lowest BCUT2D eigenvalue weighted by Gasteiger charge is -2.04. The molecule has 1 aromatic rings. The predicted molar refractivity (Wildman–Crippen MR) is 54.0 cm³/mol. The van der Waals surface area contributed by atoms with Crippen LogP contribution in [0.15, 0.2) is 35.9 Å². The summed E-state index contributed by atoms with van der Waals surface area (Å²) in [6.07, 6.45) is 0.789. The fraction of sp³-hybridized carbons (Fsp3) is 0.273. The van der Waals surface area contributed by atoms with Gasteiger partial charge in [0.2, 0.25) is 0 Å². The third kappa shape index (κ3) is 2.99. The summed E-state index contributed by atoms with van der Waals surface area (Å²) in [6, 6.07) is 9.66. The van der Waals surface area contributed by atoms with Crippen molar-refractivity contribution >= 4 is 6.08 Å². The first kappa shape index (κ1) is 9.93. The number of benzene rings is 1. The number of nitrogens with two attached hydrogens (primary N) is 1. The van der Waals surface area contributed by atoms with Crippen LogP contribution in [0.25, 0.3) is 6.08 Å². The molecule has 0 saturated carbocycles. The molecule has 1 rings (SSSR count). The van der Waals surface area contributed by atoms with Crippen LogP contribution in [0.4, 0.5) is 4.39 Å². The van der Waals surface area contributed by atoms with Crippen molar-refractivity contribution in [3.63, 3.8) is 0 Å². The molecule has 0 aliphatic rings. The normalized spacial score (nSPS) is 14.2. The minimum atomic E-state index is -1.03. The van der Waals surface area contributed by atoms with Gasteiger partial charge in [0.1, 0.15) is 6.17 Å². The lowest BCUT2D eigenvalue weighted by Crippen LogP contribution is -2.15. The fourth-order valence-electron chi connectivity index (χ4n) is 1.09. The number of alkyl halides is 1.